The van der Waals surface area contributed by atoms with Gasteiger partial charge in [-0.1, -0.05) is 11.6 Å². The van der Waals surface area contributed by atoms with E-state index in [1.165, 1.54) is 6.07 Å². The molecule has 0 saturated carbocycles. The standard InChI is InChI=1S/C12H13ClF3NO2.ClH/c1-2-19-11(18)6-10(17)7-3-8(12(14,15)16)5-9(13)4-7;/h3-5,10H,2,6,17H2,1H3;1H/t10-;/m1./s1. The zero-order chi connectivity index (χ0) is 14.6. The molecule has 0 unspecified atom stereocenters. The number of carbonyl (C=O) groups excluding carboxylic acids is 1. The van der Waals surface area contributed by atoms with Crippen LogP contribution in [0.2, 0.25) is 5.02 Å². The van der Waals surface area contributed by atoms with Crippen LogP contribution in [0.4, 0.5) is 13.2 Å². The Kier molecular flexibility index (Phi) is 7.33. The summed E-state index contributed by atoms with van der Waals surface area (Å²) in [6.07, 6.45) is -4.71. The first-order valence-electron chi connectivity index (χ1n) is 5.53. The van der Waals surface area contributed by atoms with Crippen molar-refractivity contribution in [2.45, 2.75) is 25.6 Å². The van der Waals surface area contributed by atoms with Gasteiger partial charge in [0.25, 0.3) is 0 Å². The molecular weight excluding hydrogens is 318 g/mol. The second-order valence-electron chi connectivity index (χ2n) is 3.89. The van der Waals surface area contributed by atoms with Crippen LogP contribution >= 0.6 is 24.0 Å². The van der Waals surface area contributed by atoms with Crippen molar-refractivity contribution in [1.82, 2.24) is 0 Å². The van der Waals surface area contributed by atoms with E-state index in [4.69, 9.17) is 17.3 Å². The van der Waals surface area contributed by atoms with E-state index >= 15 is 0 Å². The number of carbonyl (C=O) groups is 1. The summed E-state index contributed by atoms with van der Waals surface area (Å²) in [6.45, 7) is 1.82. The van der Waals surface area contributed by atoms with E-state index in [0.29, 0.717) is 0 Å². The molecule has 1 rings (SSSR count). The Balaban J connectivity index is 0.00000361. The van der Waals surface area contributed by atoms with E-state index in [0.717, 1.165) is 12.1 Å². The fourth-order valence-electron chi connectivity index (χ4n) is 1.51. The molecule has 114 valence electrons. The maximum Gasteiger partial charge on any atom is 0.416 e. The smallest absolute Gasteiger partial charge is 0.416 e. The maximum atomic E-state index is 12.6. The fraction of sp³-hybridized carbons (Fsp3) is 0.417. The molecule has 1 atom stereocenters. The molecule has 0 amide bonds. The second kappa shape index (κ2) is 7.71. The second-order valence-corrected chi connectivity index (χ2v) is 4.32. The molecule has 0 heterocycles. The molecule has 3 nitrogen and oxygen atoms in total. The Hall–Kier alpha value is -0.980. The number of alkyl halides is 3. The van der Waals surface area contributed by atoms with Gasteiger partial charge < -0.3 is 10.5 Å². The first-order chi connectivity index (χ1) is 8.74. The Morgan fingerprint density at radius 1 is 1.40 bits per heavy atom. The minimum atomic E-state index is -4.51. The first-order valence-corrected chi connectivity index (χ1v) is 5.90. The maximum absolute atomic E-state index is 12.6. The normalized spacial score (nSPS) is 12.5. The Morgan fingerprint density at radius 3 is 2.50 bits per heavy atom. The average molecular weight is 332 g/mol. The Morgan fingerprint density at radius 2 is 2.00 bits per heavy atom. The predicted octanol–water partition coefficient (Wildman–Crippen LogP) is 3.73. The quantitative estimate of drug-likeness (QED) is 0.855. The van der Waals surface area contributed by atoms with Gasteiger partial charge >= 0.3 is 12.1 Å². The molecule has 0 radical (unpaired) electrons. The van der Waals surface area contributed by atoms with Gasteiger partial charge in [0.15, 0.2) is 0 Å². The van der Waals surface area contributed by atoms with Crippen molar-refractivity contribution in [3.05, 3.63) is 34.3 Å². The molecule has 8 heteroatoms. The van der Waals surface area contributed by atoms with E-state index in [1.807, 2.05) is 0 Å². The summed E-state index contributed by atoms with van der Waals surface area (Å²) in [5, 5.41) is -0.0795. The topological polar surface area (TPSA) is 52.3 Å². The number of esters is 1. The van der Waals surface area contributed by atoms with E-state index in [1.54, 1.807) is 6.92 Å². The van der Waals surface area contributed by atoms with Gasteiger partial charge in [-0.3, -0.25) is 4.79 Å². The summed E-state index contributed by atoms with van der Waals surface area (Å²) in [6, 6.07) is 2.11. The molecule has 0 bridgehead atoms. The molecule has 2 N–H and O–H groups in total. The lowest BCUT2D eigenvalue weighted by atomic mass is 10.0. The van der Waals surface area contributed by atoms with Crippen molar-refractivity contribution in [2.24, 2.45) is 5.73 Å². The number of hydrogen-bond acceptors (Lipinski definition) is 3. The SMILES string of the molecule is CCOC(=O)C[C@@H](N)c1cc(Cl)cc(C(F)(F)F)c1.Cl. The van der Waals surface area contributed by atoms with Crippen molar-refractivity contribution < 1.29 is 22.7 Å². The van der Waals surface area contributed by atoms with Crippen LogP contribution in [0.5, 0.6) is 0 Å². The van der Waals surface area contributed by atoms with Crippen LogP contribution in [-0.4, -0.2) is 12.6 Å². The van der Waals surface area contributed by atoms with Crippen molar-refractivity contribution in [3.8, 4) is 0 Å². The van der Waals surface area contributed by atoms with Crippen LogP contribution in [0, 0.1) is 0 Å². The van der Waals surface area contributed by atoms with Crippen molar-refractivity contribution >= 4 is 30.0 Å². The van der Waals surface area contributed by atoms with Crippen molar-refractivity contribution in [3.63, 3.8) is 0 Å². The van der Waals surface area contributed by atoms with E-state index in [2.05, 4.69) is 4.74 Å². The fourth-order valence-corrected chi connectivity index (χ4v) is 1.75. The van der Waals surface area contributed by atoms with E-state index < -0.39 is 23.8 Å². The van der Waals surface area contributed by atoms with Crippen LogP contribution in [0.1, 0.15) is 30.5 Å². The largest absolute Gasteiger partial charge is 0.466 e. The molecule has 0 fully saturated rings. The number of halogens is 5. The molecule has 0 aliphatic carbocycles. The Bertz CT molecular complexity index is 467. The summed E-state index contributed by atoms with van der Waals surface area (Å²) in [4.78, 5) is 11.2. The summed E-state index contributed by atoms with van der Waals surface area (Å²) >= 11 is 5.63. The highest BCUT2D eigenvalue weighted by Gasteiger charge is 2.31. The molecule has 0 saturated heterocycles. The van der Waals surface area contributed by atoms with Gasteiger partial charge in [-0.2, -0.15) is 13.2 Å². The lowest BCUT2D eigenvalue weighted by Crippen LogP contribution is -2.18. The van der Waals surface area contributed by atoms with Crippen LogP contribution in [-0.2, 0) is 15.7 Å². The number of ether oxygens (including phenoxy) is 1. The van der Waals surface area contributed by atoms with Gasteiger partial charge in [0.2, 0.25) is 0 Å². The monoisotopic (exact) mass is 331 g/mol. The highest BCUT2D eigenvalue weighted by Crippen LogP contribution is 2.33. The minimum Gasteiger partial charge on any atom is -0.466 e. The summed E-state index contributed by atoms with van der Waals surface area (Å²) < 4.78 is 42.5. The molecular formula is C12H14Cl2F3NO2. The van der Waals surface area contributed by atoms with Crippen molar-refractivity contribution in [2.75, 3.05) is 6.61 Å². The molecule has 0 aliphatic heterocycles. The molecule has 20 heavy (non-hydrogen) atoms. The third-order valence-corrected chi connectivity index (χ3v) is 2.59. The lowest BCUT2D eigenvalue weighted by Gasteiger charge is -2.14. The van der Waals surface area contributed by atoms with Crippen LogP contribution in [0.15, 0.2) is 18.2 Å². The van der Waals surface area contributed by atoms with Gasteiger partial charge in [0, 0.05) is 11.1 Å². The number of hydrogen-bond donors (Lipinski definition) is 1. The van der Waals surface area contributed by atoms with E-state index in [-0.39, 0.29) is 36.0 Å². The van der Waals surface area contributed by atoms with Gasteiger partial charge in [-0.05, 0) is 30.7 Å². The molecule has 0 aliphatic rings. The summed E-state index contributed by atoms with van der Waals surface area (Å²) in [5.41, 5.74) is 4.93. The predicted molar refractivity (Wildman–Crippen MR) is 71.9 cm³/mol. The van der Waals surface area contributed by atoms with Gasteiger partial charge in [-0.25, -0.2) is 0 Å². The van der Waals surface area contributed by atoms with Crippen LogP contribution in [0.3, 0.4) is 0 Å². The highest BCUT2D eigenvalue weighted by molar-refractivity contribution is 6.30. The molecule has 0 aromatic heterocycles. The summed E-state index contributed by atoms with van der Waals surface area (Å²) in [5.74, 6) is -0.566. The van der Waals surface area contributed by atoms with Gasteiger partial charge in [-0.15, -0.1) is 12.4 Å². The van der Waals surface area contributed by atoms with Crippen LogP contribution < -0.4 is 5.73 Å². The Labute approximate surface area is 125 Å². The third-order valence-electron chi connectivity index (χ3n) is 2.37. The summed E-state index contributed by atoms with van der Waals surface area (Å²) in [7, 11) is 0. The first kappa shape index (κ1) is 19.0. The molecule has 1 aromatic rings. The van der Waals surface area contributed by atoms with Crippen LogP contribution in [0.25, 0.3) is 0 Å². The highest BCUT2D eigenvalue weighted by atomic mass is 35.5. The number of rotatable bonds is 4. The number of nitrogens with two attached hydrogens (primary N) is 1. The van der Waals surface area contributed by atoms with E-state index in [9.17, 15) is 18.0 Å². The average Bonchev–Trinajstić information content (AvgIpc) is 2.27. The van der Waals surface area contributed by atoms with Gasteiger partial charge in [0.05, 0.1) is 18.6 Å². The third kappa shape index (κ3) is 5.56. The zero-order valence-electron chi connectivity index (χ0n) is 10.5. The zero-order valence-corrected chi connectivity index (χ0v) is 12.1. The minimum absolute atomic E-state index is 0. The lowest BCUT2D eigenvalue weighted by molar-refractivity contribution is -0.143. The number of benzene rings is 1. The molecule has 0 spiro atoms. The van der Waals surface area contributed by atoms with Gasteiger partial charge in [0.1, 0.15) is 0 Å². The molecule has 1 aromatic carbocycles. The van der Waals surface area contributed by atoms with Crippen molar-refractivity contribution in [1.29, 1.82) is 0 Å².